The second kappa shape index (κ2) is 3.14. The molecule has 4 nitrogen and oxygen atoms in total. The molecule has 1 aromatic rings. The van der Waals surface area contributed by atoms with E-state index in [0.717, 1.165) is 22.5 Å². The molecular weight excluding hydrogens is 180 g/mol. The van der Waals surface area contributed by atoms with Gasteiger partial charge in [-0.25, -0.2) is 0 Å². The van der Waals surface area contributed by atoms with Crippen molar-refractivity contribution in [3.63, 3.8) is 0 Å². The summed E-state index contributed by atoms with van der Waals surface area (Å²) in [6.45, 7) is 1.90. The maximum atomic E-state index is 11.1. The average molecular weight is 190 g/mol. The summed E-state index contributed by atoms with van der Waals surface area (Å²) in [6, 6.07) is 3.70. The van der Waals surface area contributed by atoms with Gasteiger partial charge in [-0.2, -0.15) is 0 Å². The maximum absolute atomic E-state index is 11.1. The number of amides is 2. The van der Waals surface area contributed by atoms with Crippen molar-refractivity contribution in [2.75, 3.05) is 10.6 Å². The quantitative estimate of drug-likeness (QED) is 0.685. The first kappa shape index (κ1) is 8.74. The summed E-state index contributed by atoms with van der Waals surface area (Å²) in [5.41, 5.74) is 3.49. The SMILES string of the molecule is Cc1cc2c(cc1NC=O)NC(=O)C2. The van der Waals surface area contributed by atoms with Gasteiger partial charge in [-0.05, 0) is 24.1 Å². The molecule has 0 aromatic heterocycles. The molecule has 0 atom stereocenters. The van der Waals surface area contributed by atoms with Gasteiger partial charge in [0.05, 0.1) is 6.42 Å². The highest BCUT2D eigenvalue weighted by atomic mass is 16.1. The van der Waals surface area contributed by atoms with E-state index in [2.05, 4.69) is 10.6 Å². The number of rotatable bonds is 2. The second-order valence-corrected chi connectivity index (χ2v) is 3.31. The van der Waals surface area contributed by atoms with Gasteiger partial charge < -0.3 is 10.6 Å². The number of carbonyl (C=O) groups is 2. The van der Waals surface area contributed by atoms with Crippen LogP contribution in [-0.2, 0) is 16.0 Å². The minimum absolute atomic E-state index is 0.00246. The van der Waals surface area contributed by atoms with Crippen LogP contribution in [0.15, 0.2) is 12.1 Å². The number of hydrogen-bond acceptors (Lipinski definition) is 2. The zero-order valence-electron chi connectivity index (χ0n) is 7.76. The van der Waals surface area contributed by atoms with Crippen molar-refractivity contribution < 1.29 is 9.59 Å². The lowest BCUT2D eigenvalue weighted by Crippen LogP contribution is -2.03. The van der Waals surface area contributed by atoms with Crippen molar-refractivity contribution in [3.05, 3.63) is 23.3 Å². The Morgan fingerprint density at radius 1 is 1.50 bits per heavy atom. The smallest absolute Gasteiger partial charge is 0.228 e. The van der Waals surface area contributed by atoms with E-state index >= 15 is 0 Å². The van der Waals surface area contributed by atoms with Crippen LogP contribution < -0.4 is 10.6 Å². The van der Waals surface area contributed by atoms with Gasteiger partial charge in [0.1, 0.15) is 0 Å². The topological polar surface area (TPSA) is 58.2 Å². The van der Waals surface area contributed by atoms with Gasteiger partial charge in [-0.15, -0.1) is 0 Å². The number of aryl methyl sites for hydroxylation is 1. The first-order chi connectivity index (χ1) is 6.70. The number of benzene rings is 1. The van der Waals surface area contributed by atoms with Crippen LogP contribution in [0, 0.1) is 6.92 Å². The van der Waals surface area contributed by atoms with Gasteiger partial charge >= 0.3 is 0 Å². The number of nitrogens with one attached hydrogen (secondary N) is 2. The Balaban J connectivity index is 2.44. The minimum Gasteiger partial charge on any atom is -0.328 e. The molecular formula is C10H10N2O2. The van der Waals surface area contributed by atoms with Crippen molar-refractivity contribution in [1.82, 2.24) is 0 Å². The zero-order chi connectivity index (χ0) is 10.1. The fraction of sp³-hybridized carbons (Fsp3) is 0.200. The summed E-state index contributed by atoms with van der Waals surface area (Å²) in [4.78, 5) is 21.4. The van der Waals surface area contributed by atoms with Gasteiger partial charge in [0, 0.05) is 11.4 Å². The van der Waals surface area contributed by atoms with Gasteiger partial charge in [-0.3, -0.25) is 9.59 Å². The lowest BCUT2D eigenvalue weighted by molar-refractivity contribution is -0.115. The van der Waals surface area contributed by atoms with Crippen LogP contribution in [0.1, 0.15) is 11.1 Å². The molecule has 2 rings (SSSR count). The van der Waals surface area contributed by atoms with Crippen LogP contribution in [0.5, 0.6) is 0 Å². The Morgan fingerprint density at radius 2 is 2.29 bits per heavy atom. The van der Waals surface area contributed by atoms with Crippen molar-refractivity contribution >= 4 is 23.7 Å². The molecule has 0 radical (unpaired) electrons. The highest BCUT2D eigenvalue weighted by Gasteiger charge is 2.18. The monoisotopic (exact) mass is 190 g/mol. The Kier molecular flexibility index (Phi) is 1.96. The predicted molar refractivity (Wildman–Crippen MR) is 53.2 cm³/mol. The Labute approximate surface area is 81.3 Å². The molecule has 2 N–H and O–H groups in total. The van der Waals surface area contributed by atoms with E-state index in [4.69, 9.17) is 0 Å². The van der Waals surface area contributed by atoms with E-state index < -0.39 is 0 Å². The molecule has 4 heteroatoms. The van der Waals surface area contributed by atoms with E-state index in [0.29, 0.717) is 12.8 Å². The summed E-state index contributed by atoms with van der Waals surface area (Å²) in [7, 11) is 0. The molecule has 72 valence electrons. The molecule has 0 bridgehead atoms. The van der Waals surface area contributed by atoms with E-state index in [1.54, 1.807) is 6.07 Å². The van der Waals surface area contributed by atoms with Crippen LogP contribution >= 0.6 is 0 Å². The van der Waals surface area contributed by atoms with Gasteiger partial charge in [0.15, 0.2) is 0 Å². The number of fused-ring (bicyclic) bond motifs is 1. The van der Waals surface area contributed by atoms with Gasteiger partial charge in [-0.1, -0.05) is 6.07 Å². The molecule has 0 saturated carbocycles. The highest BCUT2D eigenvalue weighted by molar-refractivity contribution is 6.00. The number of anilines is 2. The molecule has 0 fully saturated rings. The third kappa shape index (κ3) is 1.35. The van der Waals surface area contributed by atoms with Crippen molar-refractivity contribution in [1.29, 1.82) is 0 Å². The van der Waals surface area contributed by atoms with E-state index in [-0.39, 0.29) is 5.91 Å². The van der Waals surface area contributed by atoms with E-state index in [9.17, 15) is 9.59 Å². The molecule has 1 aliphatic rings. The second-order valence-electron chi connectivity index (χ2n) is 3.31. The van der Waals surface area contributed by atoms with Crippen molar-refractivity contribution in [3.8, 4) is 0 Å². The third-order valence-corrected chi connectivity index (χ3v) is 2.29. The van der Waals surface area contributed by atoms with Crippen LogP contribution in [0.2, 0.25) is 0 Å². The molecule has 1 aromatic carbocycles. The van der Waals surface area contributed by atoms with E-state index in [1.807, 2.05) is 13.0 Å². The molecule has 2 amide bonds. The molecule has 0 saturated heterocycles. The summed E-state index contributed by atoms with van der Waals surface area (Å²) < 4.78 is 0. The van der Waals surface area contributed by atoms with Crippen LogP contribution in [-0.4, -0.2) is 12.3 Å². The third-order valence-electron chi connectivity index (χ3n) is 2.29. The van der Waals surface area contributed by atoms with Gasteiger partial charge in [0.2, 0.25) is 12.3 Å². The van der Waals surface area contributed by atoms with Crippen molar-refractivity contribution in [2.24, 2.45) is 0 Å². The summed E-state index contributed by atoms with van der Waals surface area (Å²) in [6.07, 6.45) is 1.06. The Hall–Kier alpha value is -1.84. The fourth-order valence-corrected chi connectivity index (χ4v) is 1.62. The summed E-state index contributed by atoms with van der Waals surface area (Å²) >= 11 is 0. The van der Waals surface area contributed by atoms with E-state index in [1.165, 1.54) is 0 Å². The fourth-order valence-electron chi connectivity index (χ4n) is 1.62. The van der Waals surface area contributed by atoms with Crippen LogP contribution in [0.4, 0.5) is 11.4 Å². The largest absolute Gasteiger partial charge is 0.328 e. The molecule has 1 aliphatic heterocycles. The first-order valence-electron chi connectivity index (χ1n) is 4.34. The Bertz CT molecular complexity index is 412. The molecule has 0 aliphatic carbocycles. The zero-order valence-corrected chi connectivity index (χ0v) is 7.76. The molecule has 0 unspecified atom stereocenters. The van der Waals surface area contributed by atoms with Crippen molar-refractivity contribution in [2.45, 2.75) is 13.3 Å². The lowest BCUT2D eigenvalue weighted by Gasteiger charge is -2.06. The highest BCUT2D eigenvalue weighted by Crippen LogP contribution is 2.29. The van der Waals surface area contributed by atoms with Crippen LogP contribution in [0.25, 0.3) is 0 Å². The lowest BCUT2D eigenvalue weighted by atomic mass is 10.1. The molecule has 0 spiro atoms. The normalized spacial score (nSPS) is 13.4. The molecule has 14 heavy (non-hydrogen) atoms. The Morgan fingerprint density at radius 3 is 3.00 bits per heavy atom. The maximum Gasteiger partial charge on any atom is 0.228 e. The predicted octanol–water partition coefficient (Wildman–Crippen LogP) is 1.06. The first-order valence-corrected chi connectivity index (χ1v) is 4.34. The van der Waals surface area contributed by atoms with Crippen LogP contribution in [0.3, 0.4) is 0 Å². The summed E-state index contributed by atoms with van der Waals surface area (Å²) in [5, 5.41) is 5.32. The van der Waals surface area contributed by atoms with Gasteiger partial charge in [0.25, 0.3) is 0 Å². The number of hydrogen-bond donors (Lipinski definition) is 2. The molecule has 1 heterocycles. The summed E-state index contributed by atoms with van der Waals surface area (Å²) in [5.74, 6) is 0.00246. The average Bonchev–Trinajstić information content (AvgIpc) is 2.45. The number of carbonyl (C=O) groups excluding carboxylic acids is 2. The minimum atomic E-state index is 0.00246. The standard InChI is InChI=1S/C10H10N2O2/c1-6-2-7-3-10(14)12-9(7)4-8(6)11-5-13/h2,4-5H,3H2,1H3,(H,11,13)(H,12,14).